The molecule has 0 bridgehead atoms. The summed E-state index contributed by atoms with van der Waals surface area (Å²) in [5, 5.41) is -0.193. The van der Waals surface area contributed by atoms with Gasteiger partial charge in [0.1, 0.15) is 17.4 Å². The van der Waals surface area contributed by atoms with E-state index >= 15 is 0 Å². The quantitative estimate of drug-likeness (QED) is 0.134. The molecular weight excluding hydrogens is 600 g/mol. The van der Waals surface area contributed by atoms with Crippen LogP contribution in [-0.2, 0) is 28.5 Å². The van der Waals surface area contributed by atoms with Gasteiger partial charge in [0, 0.05) is 46.8 Å². The highest BCUT2D eigenvalue weighted by Gasteiger charge is 2.29. The summed E-state index contributed by atoms with van der Waals surface area (Å²) >= 11 is 0. The van der Waals surface area contributed by atoms with Crippen molar-refractivity contribution >= 4 is 33.7 Å². The maximum absolute atomic E-state index is 14.1. The number of amides is 1. The third kappa shape index (κ3) is 7.15. The van der Waals surface area contributed by atoms with E-state index in [4.69, 9.17) is 52.8 Å². The Morgan fingerprint density at radius 3 is 2.00 bits per heavy atom. The summed E-state index contributed by atoms with van der Waals surface area (Å²) in [5.41, 5.74) is 3.23. The maximum atomic E-state index is 14.1. The minimum absolute atomic E-state index is 0.0676. The largest absolute Gasteiger partial charge is 0.464 e. The molecule has 0 fully saturated rings. The molecular formula is C29H30N2O14. The topological polar surface area (TPSA) is 206 Å². The number of primary amides is 1. The number of nitrogens with one attached hydrogen (secondary N) is 1. The minimum atomic E-state index is -1.16. The summed E-state index contributed by atoms with van der Waals surface area (Å²) in [7, 11) is 5.57. The smallest absolute Gasteiger partial charge is 0.343 e. The Kier molecular flexibility index (Phi) is 10.9. The Morgan fingerprint density at radius 1 is 0.778 bits per heavy atom. The number of nitrogens with two attached hydrogens (primary N) is 1. The second-order valence-corrected chi connectivity index (χ2v) is 9.05. The molecule has 0 atom stereocenters. The number of hydrogen-bond donors (Lipinski definition) is 2. The van der Waals surface area contributed by atoms with Gasteiger partial charge in [-0.25, -0.2) is 4.79 Å². The first-order valence-corrected chi connectivity index (χ1v) is 13.0. The summed E-state index contributed by atoms with van der Waals surface area (Å²) in [4.78, 5) is 55.5. The van der Waals surface area contributed by atoms with Crippen LogP contribution in [0.25, 0.3) is 33.0 Å². The molecule has 16 nitrogen and oxygen atoms in total. The van der Waals surface area contributed by atoms with Gasteiger partial charge in [-0.1, -0.05) is 0 Å². The monoisotopic (exact) mass is 630 g/mol. The molecule has 0 spiro atoms. The van der Waals surface area contributed by atoms with Crippen molar-refractivity contribution in [1.82, 2.24) is 4.98 Å². The van der Waals surface area contributed by atoms with Gasteiger partial charge >= 0.3 is 5.97 Å². The average molecular weight is 631 g/mol. The van der Waals surface area contributed by atoms with Crippen LogP contribution >= 0.6 is 0 Å². The molecule has 0 radical (unpaired) electrons. The molecule has 2 aromatic heterocycles. The van der Waals surface area contributed by atoms with Gasteiger partial charge in [-0.3, -0.25) is 14.4 Å². The van der Waals surface area contributed by atoms with E-state index in [1.807, 2.05) is 0 Å². The van der Waals surface area contributed by atoms with Gasteiger partial charge < -0.3 is 57.8 Å². The van der Waals surface area contributed by atoms with Crippen molar-refractivity contribution in [3.8, 4) is 34.1 Å². The average Bonchev–Trinajstić information content (AvgIpc) is 3.03. The summed E-state index contributed by atoms with van der Waals surface area (Å²) in [6.07, 6.45) is 2.37. The highest BCUT2D eigenvalue weighted by molar-refractivity contribution is 6.08. The van der Waals surface area contributed by atoms with Crippen molar-refractivity contribution < 1.29 is 56.6 Å². The van der Waals surface area contributed by atoms with Crippen LogP contribution in [0.2, 0.25) is 0 Å². The molecule has 0 saturated heterocycles. The molecule has 0 saturated carbocycles. The number of aromatic nitrogens is 1. The normalized spacial score (nSPS) is 11.0. The van der Waals surface area contributed by atoms with E-state index in [1.165, 1.54) is 52.8 Å². The van der Waals surface area contributed by atoms with Crippen LogP contribution < -0.4 is 35.5 Å². The van der Waals surface area contributed by atoms with E-state index in [1.54, 1.807) is 0 Å². The Labute approximate surface area is 254 Å². The van der Waals surface area contributed by atoms with Gasteiger partial charge in [0.25, 0.3) is 5.91 Å². The third-order valence-electron chi connectivity index (χ3n) is 6.09. The second kappa shape index (κ2) is 15.0. The van der Waals surface area contributed by atoms with Crippen LogP contribution in [0.1, 0.15) is 10.4 Å². The number of benzene rings is 2. The van der Waals surface area contributed by atoms with Crippen LogP contribution in [-0.4, -0.2) is 79.1 Å². The molecule has 16 heteroatoms. The molecule has 0 aliphatic carbocycles. The number of methoxy groups -OCH3 is 4. The van der Waals surface area contributed by atoms with Crippen molar-refractivity contribution in [1.29, 1.82) is 0 Å². The molecule has 4 aromatic rings. The number of fused-ring (bicyclic) bond motifs is 2. The highest BCUT2D eigenvalue weighted by atomic mass is 16.7. The third-order valence-corrected chi connectivity index (χ3v) is 6.09. The maximum Gasteiger partial charge on any atom is 0.343 e. The molecule has 2 heterocycles. The van der Waals surface area contributed by atoms with E-state index in [0.29, 0.717) is 5.52 Å². The zero-order chi connectivity index (χ0) is 32.5. The lowest BCUT2D eigenvalue weighted by Gasteiger charge is -2.17. The molecule has 1 amide bonds. The van der Waals surface area contributed by atoms with E-state index in [2.05, 4.69) is 4.98 Å². The van der Waals surface area contributed by atoms with Crippen molar-refractivity contribution in [3.63, 3.8) is 0 Å². The minimum Gasteiger partial charge on any atom is -0.464 e. The zero-order valence-corrected chi connectivity index (χ0v) is 24.7. The first-order valence-electron chi connectivity index (χ1n) is 13.0. The molecule has 240 valence electrons. The standard InChI is InChI=1S/C29H30N2O14/c1-36-11-42-19-5-15-18(6-20(19)43-12-37-2)31-8-16(26(15)33)17-9-40-21-7-22(44-13-38-3)28(45-14-39-4)25(24(21)27(17)34)29(35)41-10-23(30)32/h5-9H,10-14H2,1-4H3,(H2,30,32)(H,31,33). The Balaban J connectivity index is 1.97. The highest BCUT2D eigenvalue weighted by Crippen LogP contribution is 2.38. The van der Waals surface area contributed by atoms with Crippen molar-refractivity contribution in [2.75, 3.05) is 62.2 Å². The van der Waals surface area contributed by atoms with Crippen LogP contribution in [0.5, 0.6) is 23.0 Å². The molecule has 45 heavy (non-hydrogen) atoms. The first-order chi connectivity index (χ1) is 21.7. The Hall–Kier alpha value is -5.16. The summed E-state index contributed by atoms with van der Waals surface area (Å²) in [6, 6.07) is 4.25. The van der Waals surface area contributed by atoms with Gasteiger partial charge in [-0.15, -0.1) is 0 Å². The second-order valence-electron chi connectivity index (χ2n) is 9.05. The Morgan fingerprint density at radius 2 is 1.38 bits per heavy atom. The summed E-state index contributed by atoms with van der Waals surface area (Å²) in [6.45, 7) is -1.67. The molecule has 0 unspecified atom stereocenters. The number of hydrogen-bond acceptors (Lipinski definition) is 14. The lowest BCUT2D eigenvalue weighted by molar-refractivity contribution is -0.121. The predicted octanol–water partition coefficient (Wildman–Crippen LogP) is 1.87. The van der Waals surface area contributed by atoms with E-state index in [9.17, 15) is 19.2 Å². The van der Waals surface area contributed by atoms with Crippen molar-refractivity contribution in [2.24, 2.45) is 5.73 Å². The summed E-state index contributed by atoms with van der Waals surface area (Å²) in [5.74, 6) is -1.99. The lowest BCUT2D eigenvalue weighted by atomic mass is 10.0. The SMILES string of the molecule is COCOc1cc2[nH]cc(-c3coc4cc(OCOC)c(OCOC)c(C(=O)OCC(N)=O)c4c3=O)c(=O)c2cc1OCOC. The number of pyridine rings is 1. The van der Waals surface area contributed by atoms with Gasteiger partial charge in [0.2, 0.25) is 5.43 Å². The van der Waals surface area contributed by atoms with Crippen LogP contribution in [0, 0.1) is 0 Å². The van der Waals surface area contributed by atoms with E-state index < -0.39 is 34.9 Å². The van der Waals surface area contributed by atoms with Crippen LogP contribution in [0.4, 0.5) is 0 Å². The predicted molar refractivity (Wildman–Crippen MR) is 156 cm³/mol. The molecule has 4 rings (SSSR count). The molecule has 0 aliphatic rings. The molecule has 3 N–H and O–H groups in total. The fourth-order valence-electron chi connectivity index (χ4n) is 4.22. The van der Waals surface area contributed by atoms with Crippen molar-refractivity contribution in [2.45, 2.75) is 0 Å². The number of aromatic amines is 1. The Bertz CT molecular complexity index is 1810. The number of H-pyrrole nitrogens is 1. The summed E-state index contributed by atoms with van der Waals surface area (Å²) < 4.78 is 52.9. The fourth-order valence-corrected chi connectivity index (χ4v) is 4.22. The van der Waals surface area contributed by atoms with E-state index in [-0.39, 0.29) is 77.7 Å². The van der Waals surface area contributed by atoms with Gasteiger partial charge in [0.15, 0.2) is 62.2 Å². The number of ether oxygens (including phenoxy) is 9. The van der Waals surface area contributed by atoms with Crippen molar-refractivity contribution in [3.05, 3.63) is 56.7 Å². The van der Waals surface area contributed by atoms with Gasteiger partial charge in [-0.2, -0.15) is 0 Å². The van der Waals surface area contributed by atoms with Gasteiger partial charge in [0.05, 0.1) is 27.4 Å². The fraction of sp³-hybridized carbons (Fsp3) is 0.310. The first kappa shape index (κ1) is 32.7. The van der Waals surface area contributed by atoms with Gasteiger partial charge in [-0.05, 0) is 6.07 Å². The van der Waals surface area contributed by atoms with E-state index in [0.717, 1.165) is 6.26 Å². The lowest BCUT2D eigenvalue weighted by Crippen LogP contribution is -2.23. The van der Waals surface area contributed by atoms with Crippen LogP contribution in [0.3, 0.4) is 0 Å². The number of carbonyl (C=O) groups is 2. The zero-order valence-electron chi connectivity index (χ0n) is 24.7. The molecule has 2 aromatic carbocycles. The number of carbonyl (C=O) groups excluding carboxylic acids is 2. The number of rotatable bonds is 16. The molecule has 0 aliphatic heterocycles. The number of esters is 1. The van der Waals surface area contributed by atoms with Crippen LogP contribution in [0.15, 0.2) is 44.7 Å².